The lowest BCUT2D eigenvalue weighted by Crippen LogP contribution is -2.41. The van der Waals surface area contributed by atoms with Gasteiger partial charge in [-0.2, -0.15) is 0 Å². The van der Waals surface area contributed by atoms with E-state index in [2.05, 4.69) is 10.9 Å². The molecule has 124 valence electrons. The van der Waals surface area contributed by atoms with Gasteiger partial charge in [0.25, 0.3) is 11.6 Å². The lowest BCUT2D eigenvalue weighted by Gasteiger charge is -2.10. The van der Waals surface area contributed by atoms with Crippen LogP contribution in [0.5, 0.6) is 0 Å². The third-order valence-corrected chi connectivity index (χ3v) is 3.20. The Morgan fingerprint density at radius 3 is 2.57 bits per heavy atom. The molecule has 1 atom stereocenters. The van der Waals surface area contributed by atoms with Gasteiger partial charge in [0, 0.05) is 24.1 Å². The van der Waals surface area contributed by atoms with Crippen LogP contribution < -0.4 is 10.9 Å². The highest BCUT2D eigenvalue weighted by Gasteiger charge is 2.17. The molecule has 0 saturated carbocycles. The molecule has 0 radical (unpaired) electrons. The van der Waals surface area contributed by atoms with Gasteiger partial charge in [0.1, 0.15) is 0 Å². The number of benzene rings is 1. The molecule has 23 heavy (non-hydrogen) atoms. The van der Waals surface area contributed by atoms with Gasteiger partial charge in [-0.15, -0.1) is 0 Å². The summed E-state index contributed by atoms with van der Waals surface area (Å²) >= 11 is 0. The molecule has 1 aromatic carbocycles. The summed E-state index contributed by atoms with van der Waals surface area (Å²) in [6, 6.07) is 5.05. The number of nitrogens with one attached hydrogen (secondary N) is 2. The minimum Gasteiger partial charge on any atom is -0.481 e. The first-order chi connectivity index (χ1) is 10.8. The van der Waals surface area contributed by atoms with Gasteiger partial charge in [0.15, 0.2) is 0 Å². The van der Waals surface area contributed by atoms with E-state index >= 15 is 0 Å². The third kappa shape index (κ3) is 5.73. The zero-order valence-electron chi connectivity index (χ0n) is 12.4. The molecular weight excluding hydrogens is 306 g/mol. The average Bonchev–Trinajstić information content (AvgIpc) is 2.52. The van der Waals surface area contributed by atoms with Crippen molar-refractivity contribution in [2.24, 2.45) is 5.92 Å². The van der Waals surface area contributed by atoms with E-state index in [1.54, 1.807) is 6.92 Å². The number of amides is 2. The highest BCUT2D eigenvalue weighted by molar-refractivity contribution is 5.95. The van der Waals surface area contributed by atoms with E-state index in [0.29, 0.717) is 6.42 Å². The molecule has 9 heteroatoms. The van der Waals surface area contributed by atoms with Gasteiger partial charge in [0.05, 0.1) is 10.8 Å². The molecular formula is C14H17N3O6. The first kappa shape index (κ1) is 18.1. The molecule has 1 unspecified atom stereocenters. The van der Waals surface area contributed by atoms with E-state index < -0.39 is 28.6 Å². The van der Waals surface area contributed by atoms with E-state index in [9.17, 15) is 24.5 Å². The van der Waals surface area contributed by atoms with Crippen LogP contribution in [0.4, 0.5) is 5.69 Å². The maximum absolute atomic E-state index is 11.8. The molecule has 0 aliphatic heterocycles. The fourth-order valence-electron chi connectivity index (χ4n) is 1.83. The third-order valence-electron chi connectivity index (χ3n) is 3.20. The summed E-state index contributed by atoms with van der Waals surface area (Å²) in [5, 5.41) is 19.5. The normalized spacial score (nSPS) is 11.3. The number of rotatable bonds is 7. The zero-order valence-corrected chi connectivity index (χ0v) is 12.4. The van der Waals surface area contributed by atoms with Crippen molar-refractivity contribution >= 4 is 23.5 Å². The molecule has 0 fully saturated rings. The molecule has 9 nitrogen and oxygen atoms in total. The molecule has 0 saturated heterocycles. The SMILES string of the molecule is CCC(CCC(=O)NNC(=O)c1cccc([N+](=O)[O-])c1)C(=O)O. The Hall–Kier alpha value is -2.97. The van der Waals surface area contributed by atoms with Crippen molar-refractivity contribution in [2.75, 3.05) is 0 Å². The molecule has 0 spiro atoms. The number of carboxylic acid groups (broad SMARTS) is 1. The van der Waals surface area contributed by atoms with Crippen LogP contribution >= 0.6 is 0 Å². The van der Waals surface area contributed by atoms with Crippen LogP contribution in [-0.4, -0.2) is 27.8 Å². The standard InChI is InChI=1S/C14H17N3O6/c1-2-9(14(20)21)6-7-12(18)15-16-13(19)10-4-3-5-11(8-10)17(22)23/h3-5,8-9H,2,6-7H2,1H3,(H,15,18)(H,16,19)(H,20,21). The van der Waals surface area contributed by atoms with Crippen molar-refractivity contribution < 1.29 is 24.4 Å². The second-order valence-corrected chi connectivity index (χ2v) is 4.79. The average molecular weight is 323 g/mol. The molecule has 3 N–H and O–H groups in total. The van der Waals surface area contributed by atoms with Gasteiger partial charge in [-0.05, 0) is 18.9 Å². The largest absolute Gasteiger partial charge is 0.481 e. The topological polar surface area (TPSA) is 139 Å². The van der Waals surface area contributed by atoms with E-state index in [1.807, 2.05) is 0 Å². The van der Waals surface area contributed by atoms with Crippen LogP contribution in [0.1, 0.15) is 36.5 Å². The highest BCUT2D eigenvalue weighted by Crippen LogP contribution is 2.13. The van der Waals surface area contributed by atoms with Crippen LogP contribution in [0.3, 0.4) is 0 Å². The van der Waals surface area contributed by atoms with Crippen molar-refractivity contribution in [3.63, 3.8) is 0 Å². The second-order valence-electron chi connectivity index (χ2n) is 4.79. The van der Waals surface area contributed by atoms with E-state index in [4.69, 9.17) is 5.11 Å². The summed E-state index contributed by atoms with van der Waals surface area (Å²) in [6.07, 6.45) is 0.507. The van der Waals surface area contributed by atoms with Crippen LogP contribution in [-0.2, 0) is 9.59 Å². The Balaban J connectivity index is 2.49. The van der Waals surface area contributed by atoms with Gasteiger partial charge in [-0.25, -0.2) is 0 Å². The minimum absolute atomic E-state index is 0.0245. The number of hydrazine groups is 1. The second kappa shape index (κ2) is 8.47. The lowest BCUT2D eigenvalue weighted by molar-refractivity contribution is -0.384. The smallest absolute Gasteiger partial charge is 0.306 e. The van der Waals surface area contributed by atoms with Crippen LogP contribution in [0.2, 0.25) is 0 Å². The van der Waals surface area contributed by atoms with Gasteiger partial charge in [-0.1, -0.05) is 13.0 Å². The zero-order chi connectivity index (χ0) is 17.4. The predicted molar refractivity (Wildman–Crippen MR) is 79.4 cm³/mol. The van der Waals surface area contributed by atoms with Gasteiger partial charge < -0.3 is 5.11 Å². The molecule has 0 bridgehead atoms. The van der Waals surface area contributed by atoms with Crippen molar-refractivity contribution in [1.82, 2.24) is 10.9 Å². The fraction of sp³-hybridized carbons (Fsp3) is 0.357. The first-order valence-electron chi connectivity index (χ1n) is 6.91. The number of aliphatic carboxylic acids is 1. The fourth-order valence-corrected chi connectivity index (χ4v) is 1.83. The lowest BCUT2D eigenvalue weighted by atomic mass is 10.0. The highest BCUT2D eigenvalue weighted by atomic mass is 16.6. The summed E-state index contributed by atoms with van der Waals surface area (Å²) in [5.74, 6) is -2.83. The molecule has 0 heterocycles. The van der Waals surface area contributed by atoms with Gasteiger partial charge >= 0.3 is 5.97 Å². The van der Waals surface area contributed by atoms with Crippen LogP contribution in [0, 0.1) is 16.0 Å². The quantitative estimate of drug-likeness (QED) is 0.510. The number of nitro groups is 1. The number of carbonyl (C=O) groups is 3. The maximum atomic E-state index is 11.8. The Bertz CT molecular complexity index is 616. The van der Waals surface area contributed by atoms with Gasteiger partial charge in [-0.3, -0.25) is 35.3 Å². The van der Waals surface area contributed by atoms with Crippen LogP contribution in [0.15, 0.2) is 24.3 Å². The molecule has 1 rings (SSSR count). The van der Waals surface area contributed by atoms with Crippen molar-refractivity contribution in [1.29, 1.82) is 0 Å². The number of nitro benzene ring substituents is 1. The summed E-state index contributed by atoms with van der Waals surface area (Å²) in [6.45, 7) is 1.71. The predicted octanol–water partition coefficient (Wildman–Crippen LogP) is 1.25. The molecule has 0 aliphatic carbocycles. The van der Waals surface area contributed by atoms with Crippen molar-refractivity contribution in [3.05, 3.63) is 39.9 Å². The molecule has 0 aliphatic rings. The monoisotopic (exact) mass is 323 g/mol. The number of hydrogen-bond acceptors (Lipinski definition) is 5. The molecule has 0 aromatic heterocycles. The number of hydrogen-bond donors (Lipinski definition) is 3. The Morgan fingerprint density at radius 2 is 2.00 bits per heavy atom. The number of nitrogens with zero attached hydrogens (tertiary/aromatic N) is 1. The maximum Gasteiger partial charge on any atom is 0.306 e. The van der Waals surface area contributed by atoms with E-state index in [-0.39, 0.29) is 24.1 Å². The summed E-state index contributed by atoms with van der Waals surface area (Å²) in [4.78, 5) is 44.2. The molecule has 2 amide bonds. The summed E-state index contributed by atoms with van der Waals surface area (Å²) in [7, 11) is 0. The Labute approximate surface area is 131 Å². The summed E-state index contributed by atoms with van der Waals surface area (Å²) < 4.78 is 0. The molecule has 1 aromatic rings. The Morgan fingerprint density at radius 1 is 1.30 bits per heavy atom. The Kier molecular flexibility index (Phi) is 6.66. The first-order valence-corrected chi connectivity index (χ1v) is 6.91. The number of non-ortho nitro benzene ring substituents is 1. The summed E-state index contributed by atoms with van der Waals surface area (Å²) in [5.41, 5.74) is 4.06. The number of carboxylic acids is 1. The van der Waals surface area contributed by atoms with Crippen molar-refractivity contribution in [2.45, 2.75) is 26.2 Å². The van der Waals surface area contributed by atoms with Crippen molar-refractivity contribution in [3.8, 4) is 0 Å². The van der Waals surface area contributed by atoms with Crippen LogP contribution in [0.25, 0.3) is 0 Å². The van der Waals surface area contributed by atoms with E-state index in [0.717, 1.165) is 6.07 Å². The number of carbonyl (C=O) groups excluding carboxylic acids is 2. The van der Waals surface area contributed by atoms with Gasteiger partial charge in [0.2, 0.25) is 5.91 Å². The minimum atomic E-state index is -0.971. The van der Waals surface area contributed by atoms with E-state index in [1.165, 1.54) is 18.2 Å².